The van der Waals surface area contributed by atoms with Gasteiger partial charge in [0.2, 0.25) is 5.91 Å². The summed E-state index contributed by atoms with van der Waals surface area (Å²) < 4.78 is 0. The molecule has 144 valence electrons. The van der Waals surface area contributed by atoms with Crippen molar-refractivity contribution in [3.8, 4) is 0 Å². The molecule has 1 aliphatic heterocycles. The van der Waals surface area contributed by atoms with E-state index in [1.165, 1.54) is 0 Å². The molecule has 2 aromatic rings. The third kappa shape index (κ3) is 3.13. The largest absolute Gasteiger partial charge is 0.357 e. The number of carbonyl (C=O) groups is 2. The molecule has 0 saturated heterocycles. The van der Waals surface area contributed by atoms with Crippen LogP contribution < -0.4 is 10.2 Å². The van der Waals surface area contributed by atoms with E-state index in [-0.39, 0.29) is 17.6 Å². The van der Waals surface area contributed by atoms with Crippen LogP contribution in [-0.2, 0) is 9.59 Å². The van der Waals surface area contributed by atoms with Gasteiger partial charge in [-0.05, 0) is 37.5 Å². The lowest BCUT2D eigenvalue weighted by Gasteiger charge is -2.35. The molecule has 0 aromatic heterocycles. The van der Waals surface area contributed by atoms with E-state index in [0.717, 1.165) is 46.6 Å². The summed E-state index contributed by atoms with van der Waals surface area (Å²) in [6.07, 6.45) is 2.19. The number of nitrogens with one attached hydrogen (secondary N) is 1. The minimum Gasteiger partial charge on any atom is -0.357 e. The highest BCUT2D eigenvalue weighted by molar-refractivity contribution is 6.06. The summed E-state index contributed by atoms with van der Waals surface area (Å²) in [5.74, 6) is -0.0255. The summed E-state index contributed by atoms with van der Waals surface area (Å²) in [4.78, 5) is 28.3. The lowest BCUT2D eigenvalue weighted by atomic mass is 9.85. The van der Waals surface area contributed by atoms with Crippen LogP contribution >= 0.6 is 0 Å². The van der Waals surface area contributed by atoms with Crippen molar-refractivity contribution >= 4 is 23.1 Å². The van der Waals surface area contributed by atoms with E-state index >= 15 is 0 Å². The normalized spacial score (nSPS) is 19.1. The molecule has 0 unspecified atom stereocenters. The zero-order chi connectivity index (χ0) is 19.8. The Balaban J connectivity index is 2.00. The number of allylic oxidation sites excluding steroid dienone is 1. The summed E-state index contributed by atoms with van der Waals surface area (Å²) in [5, 5.41) is 3.49. The third-order valence-electron chi connectivity index (χ3n) is 5.56. The molecule has 2 aliphatic rings. The number of ketones is 1. The number of hydrogen-bond donors (Lipinski definition) is 1. The van der Waals surface area contributed by atoms with Gasteiger partial charge in [-0.2, -0.15) is 0 Å². The number of nitrogens with zero attached hydrogens (tertiary/aromatic N) is 1. The first-order valence-electron chi connectivity index (χ1n) is 9.99. The van der Waals surface area contributed by atoms with Gasteiger partial charge in [-0.15, -0.1) is 0 Å². The SMILES string of the molecule is Cc1ccc([C@@H]2C3=C(CCCC3=O)Nc3ccccc3N2C(=O)C(C)C)cc1. The molecule has 1 aliphatic carbocycles. The van der Waals surface area contributed by atoms with Crippen LogP contribution in [0.3, 0.4) is 0 Å². The Kier molecular flexibility index (Phi) is 4.80. The predicted octanol–water partition coefficient (Wildman–Crippen LogP) is 5.16. The molecule has 4 heteroatoms. The monoisotopic (exact) mass is 374 g/mol. The predicted molar refractivity (Wildman–Crippen MR) is 112 cm³/mol. The van der Waals surface area contributed by atoms with Crippen LogP contribution in [0.25, 0.3) is 0 Å². The maximum atomic E-state index is 13.4. The molecule has 4 rings (SSSR count). The number of Topliss-reactive ketones (excluding diaryl/α,β-unsaturated/α-hetero) is 1. The molecule has 2 aromatic carbocycles. The zero-order valence-corrected chi connectivity index (χ0v) is 16.7. The zero-order valence-electron chi connectivity index (χ0n) is 16.7. The number of fused-ring (bicyclic) bond motifs is 1. The minimum absolute atomic E-state index is 0.0203. The molecule has 0 spiro atoms. The van der Waals surface area contributed by atoms with E-state index in [0.29, 0.717) is 6.42 Å². The van der Waals surface area contributed by atoms with Gasteiger partial charge in [0.25, 0.3) is 0 Å². The fourth-order valence-electron chi connectivity index (χ4n) is 4.12. The number of para-hydroxylation sites is 2. The minimum atomic E-state index is -0.408. The number of carbonyl (C=O) groups excluding carboxylic acids is 2. The number of aryl methyl sites for hydroxylation is 1. The molecule has 1 amide bonds. The summed E-state index contributed by atoms with van der Waals surface area (Å²) in [6.45, 7) is 5.86. The third-order valence-corrected chi connectivity index (χ3v) is 5.56. The number of hydrogen-bond acceptors (Lipinski definition) is 3. The highest BCUT2D eigenvalue weighted by Crippen LogP contribution is 2.45. The summed E-state index contributed by atoms with van der Waals surface area (Å²) in [7, 11) is 0. The Bertz CT molecular complexity index is 957. The number of amides is 1. The Morgan fingerprint density at radius 3 is 2.50 bits per heavy atom. The van der Waals surface area contributed by atoms with E-state index in [1.54, 1.807) is 0 Å². The van der Waals surface area contributed by atoms with Gasteiger partial charge in [0.15, 0.2) is 5.78 Å². The smallest absolute Gasteiger partial charge is 0.230 e. The van der Waals surface area contributed by atoms with Crippen molar-refractivity contribution in [1.29, 1.82) is 0 Å². The summed E-state index contributed by atoms with van der Waals surface area (Å²) >= 11 is 0. The van der Waals surface area contributed by atoms with Crippen molar-refractivity contribution in [3.63, 3.8) is 0 Å². The van der Waals surface area contributed by atoms with Crippen molar-refractivity contribution in [2.45, 2.75) is 46.1 Å². The van der Waals surface area contributed by atoms with Crippen molar-refractivity contribution in [2.75, 3.05) is 10.2 Å². The van der Waals surface area contributed by atoms with Crippen molar-refractivity contribution in [2.24, 2.45) is 5.92 Å². The Morgan fingerprint density at radius 2 is 1.79 bits per heavy atom. The number of rotatable bonds is 2. The van der Waals surface area contributed by atoms with E-state index in [1.807, 2.05) is 74.2 Å². The van der Waals surface area contributed by atoms with Crippen molar-refractivity contribution in [3.05, 3.63) is 70.9 Å². The lowest BCUT2D eigenvalue weighted by Crippen LogP contribution is -2.40. The number of benzene rings is 2. The van der Waals surface area contributed by atoms with Crippen LogP contribution in [0, 0.1) is 12.8 Å². The van der Waals surface area contributed by atoms with Gasteiger partial charge in [0, 0.05) is 23.6 Å². The van der Waals surface area contributed by atoms with Gasteiger partial charge < -0.3 is 5.32 Å². The molecule has 0 fully saturated rings. The maximum Gasteiger partial charge on any atom is 0.230 e. The lowest BCUT2D eigenvalue weighted by molar-refractivity contribution is -0.121. The average molecular weight is 374 g/mol. The first-order chi connectivity index (χ1) is 13.5. The summed E-state index contributed by atoms with van der Waals surface area (Å²) in [6, 6.07) is 15.6. The molecule has 0 bridgehead atoms. The molecule has 0 radical (unpaired) electrons. The summed E-state index contributed by atoms with van der Waals surface area (Å²) in [5.41, 5.74) is 5.53. The molecule has 4 nitrogen and oxygen atoms in total. The maximum absolute atomic E-state index is 13.4. The first-order valence-corrected chi connectivity index (χ1v) is 9.99. The standard InChI is InChI=1S/C24H26N2O2/c1-15(2)24(28)26-20-9-5-4-7-18(20)25-19-8-6-10-21(27)22(19)23(26)17-13-11-16(3)12-14-17/h4-5,7,9,11-15,23,25H,6,8,10H2,1-3H3/t23-/m1/s1. The van der Waals surface area contributed by atoms with Crippen molar-refractivity contribution < 1.29 is 9.59 Å². The van der Waals surface area contributed by atoms with Gasteiger partial charge in [0.1, 0.15) is 0 Å². The van der Waals surface area contributed by atoms with Crippen molar-refractivity contribution in [1.82, 2.24) is 0 Å². The van der Waals surface area contributed by atoms with Gasteiger partial charge in [-0.1, -0.05) is 55.8 Å². The quantitative estimate of drug-likeness (QED) is 0.790. The molecule has 1 atom stereocenters. The highest BCUT2D eigenvalue weighted by Gasteiger charge is 2.39. The molecular weight excluding hydrogens is 348 g/mol. The second-order valence-corrected chi connectivity index (χ2v) is 7.99. The highest BCUT2D eigenvalue weighted by atomic mass is 16.2. The molecule has 1 N–H and O–H groups in total. The van der Waals surface area contributed by atoms with E-state index in [4.69, 9.17) is 0 Å². The number of anilines is 2. The van der Waals surface area contributed by atoms with Crippen LogP contribution in [-0.4, -0.2) is 11.7 Å². The Hall–Kier alpha value is -2.88. The Labute approximate surface area is 166 Å². The van der Waals surface area contributed by atoms with Gasteiger partial charge >= 0.3 is 0 Å². The average Bonchev–Trinajstić information content (AvgIpc) is 2.83. The molecule has 1 heterocycles. The molecule has 0 saturated carbocycles. The van der Waals surface area contributed by atoms with Gasteiger partial charge in [-0.25, -0.2) is 0 Å². The van der Waals surface area contributed by atoms with Crippen LogP contribution in [0.2, 0.25) is 0 Å². The van der Waals surface area contributed by atoms with Crippen LogP contribution in [0.4, 0.5) is 11.4 Å². The second kappa shape index (κ2) is 7.27. The Morgan fingerprint density at radius 1 is 1.07 bits per heavy atom. The fourth-order valence-corrected chi connectivity index (χ4v) is 4.12. The van der Waals surface area contributed by atoms with Gasteiger partial charge in [0.05, 0.1) is 17.4 Å². The molecule has 28 heavy (non-hydrogen) atoms. The van der Waals surface area contributed by atoms with E-state index in [9.17, 15) is 9.59 Å². The molecular formula is C24H26N2O2. The second-order valence-electron chi connectivity index (χ2n) is 7.99. The van der Waals surface area contributed by atoms with Crippen LogP contribution in [0.1, 0.15) is 50.3 Å². The van der Waals surface area contributed by atoms with Crippen LogP contribution in [0.5, 0.6) is 0 Å². The first kappa shape index (κ1) is 18.5. The fraction of sp³-hybridized carbons (Fsp3) is 0.333. The van der Waals surface area contributed by atoms with E-state index in [2.05, 4.69) is 5.32 Å². The van der Waals surface area contributed by atoms with Gasteiger partial charge in [-0.3, -0.25) is 14.5 Å². The van der Waals surface area contributed by atoms with Crippen LogP contribution in [0.15, 0.2) is 59.8 Å². The van der Waals surface area contributed by atoms with E-state index < -0.39 is 6.04 Å². The topological polar surface area (TPSA) is 49.4 Å².